The van der Waals surface area contributed by atoms with E-state index in [1.807, 2.05) is 0 Å². The van der Waals surface area contributed by atoms with E-state index in [4.69, 9.17) is 5.73 Å². The Bertz CT molecular complexity index is 235. The van der Waals surface area contributed by atoms with Gasteiger partial charge in [-0.05, 0) is 13.5 Å². The third-order valence-corrected chi connectivity index (χ3v) is 3.21. The summed E-state index contributed by atoms with van der Waals surface area (Å²) in [6, 6.07) is 0.00831. The van der Waals surface area contributed by atoms with E-state index in [-0.39, 0.29) is 5.97 Å². The van der Waals surface area contributed by atoms with Gasteiger partial charge in [-0.2, -0.15) is 0 Å². The average molecular weight is 229 g/mol. The molecule has 0 aromatic heterocycles. The number of nitrogens with two attached hydrogens (primary N) is 1. The van der Waals surface area contributed by atoms with E-state index < -0.39 is 6.04 Å². The van der Waals surface area contributed by atoms with Crippen molar-refractivity contribution in [3.05, 3.63) is 0 Å². The molecule has 1 rings (SSSR count). The number of rotatable bonds is 4. The van der Waals surface area contributed by atoms with Crippen molar-refractivity contribution in [3.8, 4) is 0 Å². The number of nitrogens with zero attached hydrogens (tertiary/aromatic N) is 2. The lowest BCUT2D eigenvalue weighted by Crippen LogP contribution is -2.55. The first kappa shape index (κ1) is 13.4. The molecule has 2 atom stereocenters. The first-order valence-corrected chi connectivity index (χ1v) is 5.88. The number of likely N-dealkylation sites (N-methyl/N-ethyl adjacent to an activating group) is 1. The highest BCUT2D eigenvalue weighted by Gasteiger charge is 2.25. The molecular formula is C11H23N3O2. The highest BCUT2D eigenvalue weighted by molar-refractivity contribution is 5.75. The lowest BCUT2D eigenvalue weighted by Gasteiger charge is -2.39. The Morgan fingerprint density at radius 2 is 2.25 bits per heavy atom. The molecule has 0 saturated carbocycles. The number of carbonyl (C=O) groups excluding carboxylic acids is 1. The molecule has 0 amide bonds. The largest absolute Gasteiger partial charge is 0.468 e. The second-order valence-electron chi connectivity index (χ2n) is 4.37. The van der Waals surface area contributed by atoms with Crippen LogP contribution in [0.3, 0.4) is 0 Å². The predicted molar refractivity (Wildman–Crippen MR) is 63.1 cm³/mol. The van der Waals surface area contributed by atoms with Crippen molar-refractivity contribution >= 4 is 5.97 Å². The van der Waals surface area contributed by atoms with E-state index >= 15 is 0 Å². The highest BCUT2D eigenvalue weighted by Crippen LogP contribution is 2.09. The Morgan fingerprint density at radius 1 is 1.56 bits per heavy atom. The van der Waals surface area contributed by atoms with Gasteiger partial charge >= 0.3 is 5.97 Å². The van der Waals surface area contributed by atoms with Gasteiger partial charge in [0.15, 0.2) is 0 Å². The molecule has 1 aliphatic rings. The maximum Gasteiger partial charge on any atom is 0.323 e. The fourth-order valence-electron chi connectivity index (χ4n) is 2.21. The van der Waals surface area contributed by atoms with Crippen LogP contribution in [0.1, 0.15) is 13.8 Å². The van der Waals surface area contributed by atoms with Crippen LogP contribution < -0.4 is 5.73 Å². The molecule has 16 heavy (non-hydrogen) atoms. The topological polar surface area (TPSA) is 58.8 Å². The Hall–Kier alpha value is -0.650. The minimum absolute atomic E-state index is 0.328. The number of hydrogen-bond acceptors (Lipinski definition) is 5. The normalized spacial score (nSPS) is 25.4. The van der Waals surface area contributed by atoms with Crippen molar-refractivity contribution in [2.45, 2.75) is 25.9 Å². The summed E-state index contributed by atoms with van der Waals surface area (Å²) in [5.74, 6) is -0.328. The molecule has 0 spiro atoms. The number of methoxy groups -OCH3 is 1. The van der Waals surface area contributed by atoms with Crippen LogP contribution in [0, 0.1) is 0 Å². The number of esters is 1. The van der Waals surface area contributed by atoms with Gasteiger partial charge in [0.05, 0.1) is 7.11 Å². The van der Waals surface area contributed by atoms with Gasteiger partial charge in [-0.25, -0.2) is 0 Å². The molecule has 0 aromatic carbocycles. The van der Waals surface area contributed by atoms with Crippen LogP contribution in [0.15, 0.2) is 0 Å². The zero-order valence-electron chi connectivity index (χ0n) is 10.5. The highest BCUT2D eigenvalue weighted by atomic mass is 16.5. The average Bonchev–Trinajstić information content (AvgIpc) is 2.28. The van der Waals surface area contributed by atoms with Crippen molar-refractivity contribution in [2.24, 2.45) is 5.73 Å². The van der Waals surface area contributed by atoms with Gasteiger partial charge < -0.3 is 10.5 Å². The molecule has 2 N–H and O–H groups in total. The maximum atomic E-state index is 11.2. The second kappa shape index (κ2) is 6.18. The van der Waals surface area contributed by atoms with Gasteiger partial charge in [-0.3, -0.25) is 14.6 Å². The second-order valence-corrected chi connectivity index (χ2v) is 4.37. The zero-order valence-corrected chi connectivity index (χ0v) is 10.5. The molecule has 0 aromatic rings. The molecule has 94 valence electrons. The lowest BCUT2D eigenvalue weighted by atomic mass is 10.1. The van der Waals surface area contributed by atoms with Crippen LogP contribution in [-0.2, 0) is 9.53 Å². The summed E-state index contributed by atoms with van der Waals surface area (Å²) in [6.07, 6.45) is 0. The molecule has 0 radical (unpaired) electrons. The zero-order chi connectivity index (χ0) is 12.1. The van der Waals surface area contributed by atoms with Crippen molar-refractivity contribution in [1.29, 1.82) is 0 Å². The van der Waals surface area contributed by atoms with Gasteiger partial charge in [-0.1, -0.05) is 6.92 Å². The third kappa shape index (κ3) is 3.43. The minimum atomic E-state index is -0.523. The Kier molecular flexibility index (Phi) is 5.18. The van der Waals surface area contributed by atoms with Crippen LogP contribution in [0.2, 0.25) is 0 Å². The molecule has 1 fully saturated rings. The van der Waals surface area contributed by atoms with E-state index in [0.717, 1.165) is 26.2 Å². The molecule has 0 bridgehead atoms. The molecular weight excluding hydrogens is 206 g/mol. The van der Waals surface area contributed by atoms with Crippen LogP contribution in [-0.4, -0.2) is 67.7 Å². The summed E-state index contributed by atoms with van der Waals surface area (Å²) in [6.45, 7) is 9.05. The fraction of sp³-hybridized carbons (Fsp3) is 0.909. The predicted octanol–water partition coefficient (Wildman–Crippen LogP) is -0.487. The van der Waals surface area contributed by atoms with E-state index in [0.29, 0.717) is 12.6 Å². The summed E-state index contributed by atoms with van der Waals surface area (Å²) in [7, 11) is 1.37. The molecule has 0 aliphatic carbocycles. The summed E-state index contributed by atoms with van der Waals surface area (Å²) >= 11 is 0. The molecule has 5 heteroatoms. The van der Waals surface area contributed by atoms with Crippen LogP contribution in [0.25, 0.3) is 0 Å². The number of ether oxygens (including phenoxy) is 1. The van der Waals surface area contributed by atoms with Gasteiger partial charge in [0, 0.05) is 32.2 Å². The van der Waals surface area contributed by atoms with Crippen molar-refractivity contribution in [2.75, 3.05) is 39.8 Å². The Balaban J connectivity index is 2.37. The molecule has 1 heterocycles. The number of hydrogen-bond donors (Lipinski definition) is 1. The van der Waals surface area contributed by atoms with E-state index in [1.165, 1.54) is 7.11 Å². The first-order chi connectivity index (χ1) is 7.58. The SMILES string of the molecule is CCN1CCN(CC(N)C(=O)OC)CC1C. The van der Waals surface area contributed by atoms with E-state index in [1.54, 1.807) is 0 Å². The smallest absolute Gasteiger partial charge is 0.323 e. The van der Waals surface area contributed by atoms with E-state index in [2.05, 4.69) is 28.4 Å². The molecule has 2 unspecified atom stereocenters. The van der Waals surface area contributed by atoms with Gasteiger partial charge in [0.1, 0.15) is 6.04 Å². The first-order valence-electron chi connectivity index (χ1n) is 5.88. The molecule has 1 saturated heterocycles. The monoisotopic (exact) mass is 229 g/mol. The van der Waals surface area contributed by atoms with Gasteiger partial charge in [0.2, 0.25) is 0 Å². The standard InChI is InChI=1S/C11H23N3O2/c1-4-14-6-5-13(7-9(14)2)8-10(12)11(15)16-3/h9-10H,4-8,12H2,1-3H3. The quantitative estimate of drug-likeness (QED) is 0.659. The Labute approximate surface area is 97.5 Å². The minimum Gasteiger partial charge on any atom is -0.468 e. The van der Waals surface area contributed by atoms with Gasteiger partial charge in [-0.15, -0.1) is 0 Å². The molecule has 5 nitrogen and oxygen atoms in total. The third-order valence-electron chi connectivity index (χ3n) is 3.21. The summed E-state index contributed by atoms with van der Waals surface area (Å²) in [5.41, 5.74) is 5.74. The van der Waals surface area contributed by atoms with Crippen LogP contribution >= 0.6 is 0 Å². The van der Waals surface area contributed by atoms with Crippen LogP contribution in [0.4, 0.5) is 0 Å². The van der Waals surface area contributed by atoms with Crippen LogP contribution in [0.5, 0.6) is 0 Å². The Morgan fingerprint density at radius 3 is 2.75 bits per heavy atom. The fourth-order valence-corrected chi connectivity index (χ4v) is 2.21. The summed E-state index contributed by atoms with van der Waals surface area (Å²) in [4.78, 5) is 15.9. The van der Waals surface area contributed by atoms with Crippen molar-refractivity contribution in [1.82, 2.24) is 9.80 Å². The summed E-state index contributed by atoms with van der Waals surface area (Å²) in [5, 5.41) is 0. The maximum absolute atomic E-state index is 11.2. The molecule has 1 aliphatic heterocycles. The number of piperazine rings is 1. The van der Waals surface area contributed by atoms with Crippen molar-refractivity contribution in [3.63, 3.8) is 0 Å². The van der Waals surface area contributed by atoms with Crippen molar-refractivity contribution < 1.29 is 9.53 Å². The van der Waals surface area contributed by atoms with E-state index in [9.17, 15) is 4.79 Å². The number of carbonyl (C=O) groups is 1. The lowest BCUT2D eigenvalue weighted by molar-refractivity contribution is -0.142. The van der Waals surface area contributed by atoms with Gasteiger partial charge in [0.25, 0.3) is 0 Å². The summed E-state index contributed by atoms with van der Waals surface area (Å²) < 4.78 is 4.62.